The second kappa shape index (κ2) is 9.65. The van der Waals surface area contributed by atoms with Crippen LogP contribution in [0.4, 0.5) is 10.3 Å². The molecule has 0 spiro atoms. The van der Waals surface area contributed by atoms with Gasteiger partial charge in [-0.25, -0.2) is 4.39 Å². The smallest absolute Gasteiger partial charge is 0.274 e. The van der Waals surface area contributed by atoms with Crippen LogP contribution in [-0.4, -0.2) is 32.8 Å². The van der Waals surface area contributed by atoms with Crippen molar-refractivity contribution in [1.82, 2.24) is 19.7 Å². The Morgan fingerprint density at radius 2 is 1.91 bits per heavy atom. The van der Waals surface area contributed by atoms with Gasteiger partial charge < -0.3 is 10.1 Å². The van der Waals surface area contributed by atoms with Crippen LogP contribution >= 0.6 is 0 Å². The van der Waals surface area contributed by atoms with Crippen molar-refractivity contribution in [2.45, 2.75) is 6.54 Å². The Labute approximate surface area is 184 Å². The van der Waals surface area contributed by atoms with Gasteiger partial charge in [0.15, 0.2) is 5.82 Å². The molecule has 8 heteroatoms. The third-order valence-electron chi connectivity index (χ3n) is 4.63. The number of rotatable bonds is 7. The number of nitrogens with one attached hydrogen (secondary N) is 1. The number of halogens is 1. The number of anilines is 1. The molecular weight excluding hydrogens is 409 g/mol. The number of carbonyl (C=O) groups excluding carboxylic acids is 1. The number of hydrogen-bond donors (Lipinski definition) is 1. The van der Waals surface area contributed by atoms with Gasteiger partial charge in [0.1, 0.15) is 11.6 Å². The van der Waals surface area contributed by atoms with E-state index in [9.17, 15) is 9.18 Å². The number of allylic oxidation sites excluding steroid dienone is 1. The SMILES string of the molecule is COc1ccc(C=CC(=O)n2nc(-c3cccnc3)nc2NCc2ccc(F)cc2)cc1. The minimum absolute atomic E-state index is 0.276. The van der Waals surface area contributed by atoms with Gasteiger partial charge in [-0.2, -0.15) is 9.67 Å². The van der Waals surface area contributed by atoms with E-state index in [1.807, 2.05) is 30.3 Å². The maximum absolute atomic E-state index is 13.2. The summed E-state index contributed by atoms with van der Waals surface area (Å²) in [4.78, 5) is 21.5. The van der Waals surface area contributed by atoms with Gasteiger partial charge in [-0.3, -0.25) is 9.78 Å². The average molecular weight is 429 g/mol. The minimum atomic E-state index is -0.370. The summed E-state index contributed by atoms with van der Waals surface area (Å²) in [5, 5.41) is 7.48. The Hall–Kier alpha value is -4.33. The van der Waals surface area contributed by atoms with Gasteiger partial charge in [0.05, 0.1) is 7.11 Å². The van der Waals surface area contributed by atoms with E-state index >= 15 is 0 Å². The van der Waals surface area contributed by atoms with E-state index in [-0.39, 0.29) is 17.7 Å². The van der Waals surface area contributed by atoms with Crippen molar-refractivity contribution >= 4 is 17.9 Å². The zero-order valence-corrected chi connectivity index (χ0v) is 17.3. The number of benzene rings is 2. The van der Waals surface area contributed by atoms with Gasteiger partial charge in [0, 0.05) is 30.6 Å². The number of methoxy groups -OCH3 is 1. The lowest BCUT2D eigenvalue weighted by atomic mass is 10.2. The van der Waals surface area contributed by atoms with Gasteiger partial charge in [0.2, 0.25) is 5.95 Å². The van der Waals surface area contributed by atoms with Gasteiger partial charge in [-0.15, -0.1) is 5.10 Å². The van der Waals surface area contributed by atoms with Crippen molar-refractivity contribution < 1.29 is 13.9 Å². The first kappa shape index (κ1) is 20.9. The number of hydrogen-bond acceptors (Lipinski definition) is 6. The molecule has 0 amide bonds. The lowest BCUT2D eigenvalue weighted by molar-refractivity contribution is 0.0957. The highest BCUT2D eigenvalue weighted by Gasteiger charge is 2.16. The van der Waals surface area contributed by atoms with Crippen LogP contribution in [-0.2, 0) is 6.54 Å². The standard InChI is InChI=1S/C24H20FN5O2/c1-32-21-11-6-17(7-12-21)8-13-22(31)30-24(27-15-18-4-9-20(25)10-5-18)28-23(29-30)19-3-2-14-26-16-19/h2-14,16H,15H2,1H3,(H,27,28,29). The molecule has 0 fully saturated rings. The Balaban J connectivity index is 1.59. The monoisotopic (exact) mass is 429 g/mol. The molecule has 0 aliphatic heterocycles. The summed E-state index contributed by atoms with van der Waals surface area (Å²) in [5.41, 5.74) is 2.36. The maximum Gasteiger partial charge on any atom is 0.274 e. The van der Waals surface area contributed by atoms with Crippen LogP contribution in [0.15, 0.2) is 79.1 Å². The summed E-state index contributed by atoms with van der Waals surface area (Å²) in [6.07, 6.45) is 6.39. The third-order valence-corrected chi connectivity index (χ3v) is 4.63. The predicted molar refractivity (Wildman–Crippen MR) is 120 cm³/mol. The molecule has 0 bridgehead atoms. The first-order chi connectivity index (χ1) is 15.6. The van der Waals surface area contributed by atoms with Crippen LogP contribution in [0.25, 0.3) is 17.5 Å². The van der Waals surface area contributed by atoms with E-state index in [2.05, 4.69) is 20.4 Å². The van der Waals surface area contributed by atoms with Crippen molar-refractivity contribution in [3.8, 4) is 17.1 Å². The summed E-state index contributed by atoms with van der Waals surface area (Å²) >= 11 is 0. The second-order valence-corrected chi connectivity index (χ2v) is 6.84. The van der Waals surface area contributed by atoms with Crippen molar-refractivity contribution in [2.75, 3.05) is 12.4 Å². The van der Waals surface area contributed by atoms with E-state index < -0.39 is 0 Å². The molecule has 0 unspecified atom stereocenters. The zero-order valence-electron chi connectivity index (χ0n) is 17.3. The molecule has 0 radical (unpaired) electrons. The molecular formula is C24H20FN5O2. The summed E-state index contributed by atoms with van der Waals surface area (Å²) in [6.45, 7) is 0.348. The van der Waals surface area contributed by atoms with Crippen LogP contribution in [0.2, 0.25) is 0 Å². The molecule has 2 aromatic carbocycles. The minimum Gasteiger partial charge on any atom is -0.497 e. The van der Waals surface area contributed by atoms with Crippen LogP contribution in [0.5, 0.6) is 5.75 Å². The van der Waals surface area contributed by atoms with Gasteiger partial charge in [-0.05, 0) is 53.6 Å². The lowest BCUT2D eigenvalue weighted by Gasteiger charge is -2.06. The van der Waals surface area contributed by atoms with Crippen LogP contribution < -0.4 is 10.1 Å². The molecule has 1 N–H and O–H groups in total. The molecule has 32 heavy (non-hydrogen) atoms. The van der Waals surface area contributed by atoms with Crippen molar-refractivity contribution in [3.63, 3.8) is 0 Å². The number of aromatic nitrogens is 4. The highest BCUT2D eigenvalue weighted by Crippen LogP contribution is 2.18. The fourth-order valence-corrected chi connectivity index (χ4v) is 2.93. The number of carbonyl (C=O) groups is 1. The number of pyridine rings is 1. The van der Waals surface area contributed by atoms with Crippen LogP contribution in [0.1, 0.15) is 15.9 Å². The topological polar surface area (TPSA) is 81.9 Å². The molecule has 0 aliphatic rings. The Bertz CT molecular complexity index is 1220. The quantitative estimate of drug-likeness (QED) is 0.437. The van der Waals surface area contributed by atoms with Crippen molar-refractivity contribution in [3.05, 3.63) is 96.1 Å². The molecule has 0 saturated carbocycles. The average Bonchev–Trinajstić information content (AvgIpc) is 3.27. The molecule has 4 aromatic rings. The largest absolute Gasteiger partial charge is 0.497 e. The van der Waals surface area contributed by atoms with E-state index in [0.29, 0.717) is 17.9 Å². The molecule has 0 aliphatic carbocycles. The first-order valence-corrected chi connectivity index (χ1v) is 9.84. The van der Waals surface area contributed by atoms with Crippen LogP contribution in [0, 0.1) is 5.82 Å². The number of nitrogens with zero attached hydrogens (tertiary/aromatic N) is 4. The summed E-state index contributed by atoms with van der Waals surface area (Å²) in [7, 11) is 1.60. The molecule has 0 saturated heterocycles. The molecule has 2 heterocycles. The molecule has 4 rings (SSSR count). The van der Waals surface area contributed by atoms with Gasteiger partial charge >= 0.3 is 0 Å². The number of ether oxygens (including phenoxy) is 1. The Kier molecular flexibility index (Phi) is 6.31. The second-order valence-electron chi connectivity index (χ2n) is 6.84. The lowest BCUT2D eigenvalue weighted by Crippen LogP contribution is -2.14. The molecule has 160 valence electrons. The summed E-state index contributed by atoms with van der Waals surface area (Å²) in [5.74, 6) is 0.696. The van der Waals surface area contributed by atoms with Crippen molar-refractivity contribution in [1.29, 1.82) is 0 Å². The summed E-state index contributed by atoms with van der Waals surface area (Å²) < 4.78 is 19.5. The Morgan fingerprint density at radius 3 is 2.59 bits per heavy atom. The van der Waals surface area contributed by atoms with Gasteiger partial charge in [-0.1, -0.05) is 24.3 Å². The maximum atomic E-state index is 13.2. The predicted octanol–water partition coefficient (Wildman–Crippen LogP) is 4.45. The van der Waals surface area contributed by atoms with E-state index in [1.165, 1.54) is 22.9 Å². The Morgan fingerprint density at radius 1 is 1.12 bits per heavy atom. The third kappa shape index (κ3) is 5.04. The van der Waals surface area contributed by atoms with Gasteiger partial charge in [0.25, 0.3) is 5.91 Å². The highest BCUT2D eigenvalue weighted by molar-refractivity contribution is 5.94. The zero-order chi connectivity index (χ0) is 22.3. The van der Waals surface area contributed by atoms with Crippen molar-refractivity contribution in [2.24, 2.45) is 0 Å². The first-order valence-electron chi connectivity index (χ1n) is 9.84. The highest BCUT2D eigenvalue weighted by atomic mass is 19.1. The fourth-order valence-electron chi connectivity index (χ4n) is 2.93. The molecule has 7 nitrogen and oxygen atoms in total. The van der Waals surface area contributed by atoms with E-state index in [1.54, 1.807) is 43.8 Å². The molecule has 0 atom stereocenters. The van der Waals surface area contributed by atoms with E-state index in [0.717, 1.165) is 16.9 Å². The van der Waals surface area contributed by atoms with Crippen LogP contribution in [0.3, 0.4) is 0 Å². The summed E-state index contributed by atoms with van der Waals surface area (Å²) in [6, 6.07) is 17.0. The normalized spacial score (nSPS) is 10.9. The molecule has 2 aromatic heterocycles. The van der Waals surface area contributed by atoms with E-state index in [4.69, 9.17) is 4.74 Å². The fraction of sp³-hybridized carbons (Fsp3) is 0.0833.